The first-order valence-electron chi connectivity index (χ1n) is 11.0. The van der Waals surface area contributed by atoms with Crippen molar-refractivity contribution in [2.45, 2.75) is 77.0 Å². The van der Waals surface area contributed by atoms with Gasteiger partial charge in [-0.05, 0) is 70.9 Å². The molecule has 0 aromatic rings. The summed E-state index contributed by atoms with van der Waals surface area (Å²) in [6.45, 7) is 7.41. The van der Waals surface area contributed by atoms with Crippen LogP contribution in [-0.4, -0.2) is 62.9 Å². The molecule has 4 fully saturated rings. The summed E-state index contributed by atoms with van der Waals surface area (Å²) in [4.78, 5) is 24.4. The molecule has 7 nitrogen and oxygen atoms in total. The first-order chi connectivity index (χ1) is 13.5. The van der Waals surface area contributed by atoms with Crippen LogP contribution < -0.4 is 16.0 Å². The Morgan fingerprint density at radius 2 is 1.93 bits per heavy atom. The molecular weight excluding hydrogens is 358 g/mol. The minimum Gasteiger partial charge on any atom is -0.378 e. The quantitative estimate of drug-likeness (QED) is 0.549. The molecule has 3 heterocycles. The molecule has 3 N–H and O–H groups in total. The van der Waals surface area contributed by atoms with Crippen molar-refractivity contribution in [3.8, 4) is 0 Å². The zero-order chi connectivity index (χ0) is 20.0. The number of rotatable bonds is 9. The Morgan fingerprint density at radius 1 is 1.21 bits per heavy atom. The molecule has 2 atom stereocenters. The lowest BCUT2D eigenvalue weighted by molar-refractivity contribution is -0.154. The fourth-order valence-corrected chi connectivity index (χ4v) is 4.69. The van der Waals surface area contributed by atoms with Gasteiger partial charge in [0.25, 0.3) is 0 Å². The van der Waals surface area contributed by atoms with Crippen molar-refractivity contribution in [2.24, 2.45) is 11.3 Å². The molecule has 2 bridgehead atoms. The Kier molecular flexibility index (Phi) is 7.71. The highest BCUT2D eigenvalue weighted by Crippen LogP contribution is 2.43. The number of nitrogens with one attached hydrogen (secondary N) is 3. The normalized spacial score (nSPS) is 29.9. The summed E-state index contributed by atoms with van der Waals surface area (Å²) >= 11 is 0. The minimum absolute atomic E-state index is 0.0786. The molecule has 0 unspecified atom stereocenters. The number of ether oxygens (including phenoxy) is 2. The molecule has 160 valence electrons. The maximum atomic E-state index is 12.7. The van der Waals surface area contributed by atoms with E-state index in [1.807, 2.05) is 6.92 Å². The number of carbonyl (C=O) groups excluding carboxylic acids is 2. The Balaban J connectivity index is 1.46. The third-order valence-corrected chi connectivity index (χ3v) is 6.69. The van der Waals surface area contributed by atoms with Crippen molar-refractivity contribution in [1.82, 2.24) is 16.0 Å². The second kappa shape index (κ2) is 10.0. The van der Waals surface area contributed by atoms with Crippen LogP contribution in [0.4, 0.5) is 0 Å². The molecule has 3 aliphatic heterocycles. The van der Waals surface area contributed by atoms with E-state index in [-0.39, 0.29) is 23.3 Å². The van der Waals surface area contributed by atoms with Gasteiger partial charge in [-0.15, -0.1) is 0 Å². The fraction of sp³-hybridized carbons (Fsp3) is 0.905. The van der Waals surface area contributed by atoms with E-state index in [1.165, 1.54) is 6.92 Å². The molecule has 0 radical (unpaired) electrons. The van der Waals surface area contributed by atoms with Gasteiger partial charge in [-0.2, -0.15) is 0 Å². The topological polar surface area (TPSA) is 88.7 Å². The minimum atomic E-state index is -0.664. The number of hydrogen-bond acceptors (Lipinski definition) is 5. The van der Waals surface area contributed by atoms with E-state index in [0.29, 0.717) is 25.2 Å². The molecule has 0 spiro atoms. The summed E-state index contributed by atoms with van der Waals surface area (Å²) in [6, 6.07) is -0.664. The van der Waals surface area contributed by atoms with E-state index in [4.69, 9.17) is 9.47 Å². The van der Waals surface area contributed by atoms with Gasteiger partial charge < -0.3 is 25.4 Å². The SMILES string of the molecule is CC(=O)N[C@H](C(=O)NCCC1CCNCC1)[C@@H](C)OCC12CCC(CC1)OC2. The molecule has 4 aliphatic rings. The lowest BCUT2D eigenvalue weighted by Gasteiger charge is -2.46. The van der Waals surface area contributed by atoms with E-state index < -0.39 is 6.04 Å². The Bertz CT molecular complexity index is 514. The third-order valence-electron chi connectivity index (χ3n) is 6.69. The highest BCUT2D eigenvalue weighted by Gasteiger charge is 2.42. The van der Waals surface area contributed by atoms with Crippen LogP contribution >= 0.6 is 0 Å². The second-order valence-electron chi connectivity index (χ2n) is 8.98. The van der Waals surface area contributed by atoms with Crippen molar-refractivity contribution in [3.63, 3.8) is 0 Å². The number of piperidine rings is 1. The van der Waals surface area contributed by atoms with Crippen LogP contribution in [0.3, 0.4) is 0 Å². The van der Waals surface area contributed by atoms with Crippen molar-refractivity contribution in [1.29, 1.82) is 0 Å². The van der Waals surface area contributed by atoms with Gasteiger partial charge in [-0.1, -0.05) is 0 Å². The average Bonchev–Trinajstić information content (AvgIpc) is 2.72. The summed E-state index contributed by atoms with van der Waals surface area (Å²) in [5.41, 5.74) is 0.0786. The molecule has 0 aromatic carbocycles. The van der Waals surface area contributed by atoms with Gasteiger partial charge >= 0.3 is 0 Å². The average molecular weight is 396 g/mol. The van der Waals surface area contributed by atoms with E-state index in [0.717, 1.165) is 64.6 Å². The molecule has 4 rings (SSSR count). The van der Waals surface area contributed by atoms with E-state index >= 15 is 0 Å². The lowest BCUT2D eigenvalue weighted by atomic mass is 9.72. The van der Waals surface area contributed by atoms with Gasteiger partial charge in [-0.25, -0.2) is 0 Å². The fourth-order valence-electron chi connectivity index (χ4n) is 4.69. The monoisotopic (exact) mass is 395 g/mol. The highest BCUT2D eigenvalue weighted by atomic mass is 16.5. The van der Waals surface area contributed by atoms with Gasteiger partial charge in [0.1, 0.15) is 6.04 Å². The van der Waals surface area contributed by atoms with Gasteiger partial charge in [-0.3, -0.25) is 9.59 Å². The molecule has 0 aromatic heterocycles. The summed E-state index contributed by atoms with van der Waals surface area (Å²) in [5, 5.41) is 9.15. The predicted octanol–water partition coefficient (Wildman–Crippen LogP) is 1.36. The van der Waals surface area contributed by atoms with Gasteiger partial charge in [0.05, 0.1) is 25.4 Å². The van der Waals surface area contributed by atoms with E-state index in [9.17, 15) is 9.59 Å². The Morgan fingerprint density at radius 3 is 2.54 bits per heavy atom. The molecule has 1 saturated carbocycles. The molecule has 7 heteroatoms. The molecule has 2 amide bonds. The smallest absolute Gasteiger partial charge is 0.245 e. The first kappa shape index (κ1) is 21.5. The largest absolute Gasteiger partial charge is 0.378 e. The van der Waals surface area contributed by atoms with Gasteiger partial charge in [0, 0.05) is 18.9 Å². The molecule has 28 heavy (non-hydrogen) atoms. The van der Waals surface area contributed by atoms with Crippen LogP contribution in [0.2, 0.25) is 0 Å². The van der Waals surface area contributed by atoms with E-state index in [1.54, 1.807) is 0 Å². The third kappa shape index (κ3) is 5.91. The number of carbonyl (C=O) groups is 2. The molecular formula is C21H37N3O4. The zero-order valence-electron chi connectivity index (χ0n) is 17.4. The summed E-state index contributed by atoms with van der Waals surface area (Å²) in [7, 11) is 0. The van der Waals surface area contributed by atoms with Crippen LogP contribution in [0, 0.1) is 11.3 Å². The molecule has 1 aliphatic carbocycles. The highest BCUT2D eigenvalue weighted by molar-refractivity contribution is 5.87. The predicted molar refractivity (Wildman–Crippen MR) is 107 cm³/mol. The first-order valence-corrected chi connectivity index (χ1v) is 11.0. The van der Waals surface area contributed by atoms with Crippen LogP contribution in [-0.2, 0) is 19.1 Å². The van der Waals surface area contributed by atoms with Crippen molar-refractivity contribution in [2.75, 3.05) is 32.8 Å². The van der Waals surface area contributed by atoms with Crippen molar-refractivity contribution in [3.05, 3.63) is 0 Å². The van der Waals surface area contributed by atoms with Crippen molar-refractivity contribution < 1.29 is 19.1 Å². The summed E-state index contributed by atoms with van der Waals surface area (Å²) in [5.74, 6) is 0.293. The maximum Gasteiger partial charge on any atom is 0.245 e. The Hall–Kier alpha value is -1.18. The number of hydrogen-bond donors (Lipinski definition) is 3. The van der Waals surface area contributed by atoms with Crippen LogP contribution in [0.15, 0.2) is 0 Å². The summed E-state index contributed by atoms with van der Waals surface area (Å²) < 4.78 is 12.0. The van der Waals surface area contributed by atoms with E-state index in [2.05, 4.69) is 16.0 Å². The van der Waals surface area contributed by atoms with Crippen molar-refractivity contribution >= 4 is 11.8 Å². The van der Waals surface area contributed by atoms with Gasteiger partial charge in [0.15, 0.2) is 0 Å². The lowest BCUT2D eigenvalue weighted by Crippen LogP contribution is -2.54. The standard InChI is InChI=1S/C21H37N3O4/c1-15(27-13-21-8-3-18(4-9-21)28-14-21)19(24-16(2)25)20(26)23-12-7-17-5-10-22-11-6-17/h15,17-19,22H,3-14H2,1-2H3,(H,23,26)(H,24,25)/t15-,18?,19+,21?/m1/s1. The maximum absolute atomic E-state index is 12.7. The van der Waals surface area contributed by atoms with Crippen LogP contribution in [0.5, 0.6) is 0 Å². The Labute approximate surface area is 168 Å². The zero-order valence-corrected chi connectivity index (χ0v) is 17.4. The van der Waals surface area contributed by atoms with Crippen LogP contribution in [0.1, 0.15) is 58.8 Å². The second-order valence-corrected chi connectivity index (χ2v) is 8.98. The summed E-state index contributed by atoms with van der Waals surface area (Å²) in [6.07, 6.45) is 7.81. The number of fused-ring (bicyclic) bond motifs is 3. The van der Waals surface area contributed by atoms with Gasteiger partial charge in [0.2, 0.25) is 11.8 Å². The van der Waals surface area contributed by atoms with Crippen LogP contribution in [0.25, 0.3) is 0 Å². The molecule has 3 saturated heterocycles. The number of amides is 2.